The molecule has 6 nitrogen and oxygen atoms in total. The van der Waals surface area contributed by atoms with Gasteiger partial charge in [-0.15, -0.1) is 0 Å². The van der Waals surface area contributed by atoms with Crippen molar-refractivity contribution in [3.05, 3.63) is 11.8 Å². The summed E-state index contributed by atoms with van der Waals surface area (Å²) < 4.78 is 0. The van der Waals surface area contributed by atoms with Crippen molar-refractivity contribution in [2.45, 2.75) is 25.3 Å². The van der Waals surface area contributed by atoms with E-state index in [1.165, 1.54) is 0 Å². The van der Waals surface area contributed by atoms with Crippen molar-refractivity contribution in [1.82, 2.24) is 9.97 Å². The van der Waals surface area contributed by atoms with E-state index < -0.39 is 5.97 Å². The zero-order valence-corrected chi connectivity index (χ0v) is 8.10. The van der Waals surface area contributed by atoms with E-state index in [1.807, 2.05) is 0 Å². The molecular weight excluding hydrogens is 196 g/mol. The maximum atomic E-state index is 10.5. The van der Waals surface area contributed by atoms with Gasteiger partial charge in [0.25, 0.3) is 0 Å². The average Bonchev–Trinajstić information content (AvgIpc) is 2.85. The van der Waals surface area contributed by atoms with Gasteiger partial charge in [-0.2, -0.15) is 4.98 Å². The predicted octanol–water partition coefficient (Wildman–Crippen LogP) is 0.260. The third-order valence-corrected chi connectivity index (χ3v) is 2.06. The smallest absolute Gasteiger partial charge is 0.309 e. The second-order valence-electron chi connectivity index (χ2n) is 3.59. The molecule has 1 aromatic heterocycles. The van der Waals surface area contributed by atoms with Crippen LogP contribution in [-0.2, 0) is 11.2 Å². The minimum Gasteiger partial charge on any atom is -0.481 e. The summed E-state index contributed by atoms with van der Waals surface area (Å²) in [6.07, 6.45) is 2.11. The molecule has 0 aromatic carbocycles. The molecule has 0 atom stereocenters. The van der Waals surface area contributed by atoms with Crippen LogP contribution in [0, 0.1) is 0 Å². The molecule has 1 fully saturated rings. The van der Waals surface area contributed by atoms with E-state index in [0.29, 0.717) is 17.6 Å². The fourth-order valence-electron chi connectivity index (χ4n) is 1.27. The first kappa shape index (κ1) is 9.70. The van der Waals surface area contributed by atoms with E-state index in [-0.39, 0.29) is 12.4 Å². The molecule has 2 rings (SSSR count). The van der Waals surface area contributed by atoms with Crippen LogP contribution < -0.4 is 11.1 Å². The molecular formula is C9H12N4O2. The van der Waals surface area contributed by atoms with Crippen molar-refractivity contribution >= 4 is 17.7 Å². The number of hydrogen-bond acceptors (Lipinski definition) is 5. The molecule has 0 unspecified atom stereocenters. The van der Waals surface area contributed by atoms with Crippen LogP contribution in [0.25, 0.3) is 0 Å². The van der Waals surface area contributed by atoms with Gasteiger partial charge in [-0.1, -0.05) is 0 Å². The Morgan fingerprint density at radius 3 is 2.93 bits per heavy atom. The monoisotopic (exact) mass is 208 g/mol. The lowest BCUT2D eigenvalue weighted by Crippen LogP contribution is -2.10. The highest BCUT2D eigenvalue weighted by Crippen LogP contribution is 2.24. The lowest BCUT2D eigenvalue weighted by Gasteiger charge is -2.05. The molecule has 1 heterocycles. The lowest BCUT2D eigenvalue weighted by atomic mass is 10.3. The Balaban J connectivity index is 2.15. The topological polar surface area (TPSA) is 101 Å². The summed E-state index contributed by atoms with van der Waals surface area (Å²) in [5, 5.41) is 11.8. The molecule has 15 heavy (non-hydrogen) atoms. The van der Waals surface area contributed by atoms with Crippen molar-refractivity contribution in [2.75, 3.05) is 11.1 Å². The highest BCUT2D eigenvalue weighted by Gasteiger charge is 2.21. The molecule has 0 amide bonds. The van der Waals surface area contributed by atoms with Crippen LogP contribution in [0.1, 0.15) is 18.5 Å². The molecule has 80 valence electrons. The maximum Gasteiger partial charge on any atom is 0.309 e. The van der Waals surface area contributed by atoms with Gasteiger partial charge in [-0.3, -0.25) is 4.79 Å². The Morgan fingerprint density at radius 2 is 2.33 bits per heavy atom. The molecule has 0 radical (unpaired) electrons. The van der Waals surface area contributed by atoms with Gasteiger partial charge in [0.15, 0.2) is 0 Å². The number of aliphatic carboxylic acids is 1. The second kappa shape index (κ2) is 3.72. The van der Waals surface area contributed by atoms with E-state index in [2.05, 4.69) is 15.3 Å². The Kier molecular flexibility index (Phi) is 2.40. The van der Waals surface area contributed by atoms with E-state index in [9.17, 15) is 4.79 Å². The van der Waals surface area contributed by atoms with Crippen LogP contribution in [0.15, 0.2) is 6.07 Å². The zero-order chi connectivity index (χ0) is 10.8. The number of aromatic nitrogens is 2. The summed E-state index contributed by atoms with van der Waals surface area (Å²) in [7, 11) is 0. The average molecular weight is 208 g/mol. The van der Waals surface area contributed by atoms with Crippen LogP contribution >= 0.6 is 0 Å². The van der Waals surface area contributed by atoms with Crippen LogP contribution in [0.3, 0.4) is 0 Å². The van der Waals surface area contributed by atoms with E-state index >= 15 is 0 Å². The van der Waals surface area contributed by atoms with E-state index in [0.717, 1.165) is 12.8 Å². The number of carbonyl (C=O) groups is 1. The highest BCUT2D eigenvalue weighted by molar-refractivity contribution is 5.70. The van der Waals surface area contributed by atoms with Gasteiger partial charge < -0.3 is 16.2 Å². The number of hydrogen-bond donors (Lipinski definition) is 3. The first-order valence-corrected chi connectivity index (χ1v) is 4.75. The molecule has 1 aromatic rings. The molecule has 1 aliphatic rings. The van der Waals surface area contributed by atoms with Crippen molar-refractivity contribution in [1.29, 1.82) is 0 Å². The predicted molar refractivity (Wildman–Crippen MR) is 54.4 cm³/mol. The third kappa shape index (κ3) is 2.80. The number of nitrogens with zero attached hydrogens (tertiary/aromatic N) is 2. The summed E-state index contributed by atoms with van der Waals surface area (Å²) >= 11 is 0. The number of rotatable bonds is 4. The third-order valence-electron chi connectivity index (χ3n) is 2.06. The second-order valence-corrected chi connectivity index (χ2v) is 3.59. The van der Waals surface area contributed by atoms with Crippen molar-refractivity contribution in [2.24, 2.45) is 0 Å². The summed E-state index contributed by atoms with van der Waals surface area (Å²) in [6, 6.07) is 2.08. The molecule has 4 N–H and O–H groups in total. The highest BCUT2D eigenvalue weighted by atomic mass is 16.4. The molecule has 0 bridgehead atoms. The van der Waals surface area contributed by atoms with Crippen molar-refractivity contribution in [3.63, 3.8) is 0 Å². The Morgan fingerprint density at radius 1 is 1.60 bits per heavy atom. The normalized spacial score (nSPS) is 14.9. The van der Waals surface area contributed by atoms with Crippen LogP contribution in [0.4, 0.5) is 11.8 Å². The number of nitrogen functional groups attached to an aromatic ring is 1. The summed E-state index contributed by atoms with van der Waals surface area (Å²) in [5.74, 6) is -0.205. The molecule has 0 spiro atoms. The Labute approximate surface area is 86.5 Å². The van der Waals surface area contributed by atoms with Crippen LogP contribution in [0.2, 0.25) is 0 Å². The maximum absolute atomic E-state index is 10.5. The Hall–Kier alpha value is -1.85. The SMILES string of the molecule is Nc1nc(CC(=O)O)cc(NC2CC2)n1. The summed E-state index contributed by atoms with van der Waals surface area (Å²) in [5.41, 5.74) is 5.90. The van der Waals surface area contributed by atoms with Gasteiger partial charge in [0, 0.05) is 12.1 Å². The minimum absolute atomic E-state index is 0.108. The van der Waals surface area contributed by atoms with E-state index in [1.54, 1.807) is 6.07 Å². The van der Waals surface area contributed by atoms with E-state index in [4.69, 9.17) is 10.8 Å². The van der Waals surface area contributed by atoms with Gasteiger partial charge in [0.2, 0.25) is 5.95 Å². The molecule has 6 heteroatoms. The zero-order valence-electron chi connectivity index (χ0n) is 8.10. The van der Waals surface area contributed by atoms with Crippen LogP contribution in [-0.4, -0.2) is 27.1 Å². The van der Waals surface area contributed by atoms with Gasteiger partial charge in [0.1, 0.15) is 5.82 Å². The van der Waals surface area contributed by atoms with Gasteiger partial charge in [0.05, 0.1) is 12.1 Å². The van der Waals surface area contributed by atoms with Crippen molar-refractivity contribution in [3.8, 4) is 0 Å². The van der Waals surface area contributed by atoms with Crippen LogP contribution in [0.5, 0.6) is 0 Å². The molecule has 0 saturated heterocycles. The number of anilines is 2. The quantitative estimate of drug-likeness (QED) is 0.656. The van der Waals surface area contributed by atoms with Gasteiger partial charge in [-0.05, 0) is 12.8 Å². The fourth-order valence-corrected chi connectivity index (χ4v) is 1.27. The summed E-state index contributed by atoms with van der Waals surface area (Å²) in [6.45, 7) is 0. The molecule has 0 aliphatic heterocycles. The minimum atomic E-state index is -0.925. The first-order chi connectivity index (χ1) is 7.13. The summed E-state index contributed by atoms with van der Waals surface area (Å²) in [4.78, 5) is 18.3. The molecule has 1 aliphatic carbocycles. The van der Waals surface area contributed by atoms with Gasteiger partial charge >= 0.3 is 5.97 Å². The number of nitrogens with one attached hydrogen (secondary N) is 1. The number of nitrogens with two attached hydrogens (primary N) is 1. The van der Waals surface area contributed by atoms with Gasteiger partial charge in [-0.25, -0.2) is 4.98 Å². The van der Waals surface area contributed by atoms with Crippen molar-refractivity contribution < 1.29 is 9.90 Å². The molecule has 1 saturated carbocycles. The Bertz CT molecular complexity index is 390. The lowest BCUT2D eigenvalue weighted by molar-refractivity contribution is -0.136. The largest absolute Gasteiger partial charge is 0.481 e. The first-order valence-electron chi connectivity index (χ1n) is 4.75. The standard InChI is InChI=1S/C9H12N4O2/c10-9-12-6(4-8(14)15)3-7(13-9)11-5-1-2-5/h3,5H,1-2,4H2,(H,14,15)(H3,10,11,12,13). The number of carboxylic acid groups (broad SMARTS) is 1. The number of carboxylic acids is 1. The fraction of sp³-hybridized carbons (Fsp3) is 0.444.